The molecule has 3 amide bonds. The highest BCUT2D eigenvalue weighted by molar-refractivity contribution is 7.92. The summed E-state index contributed by atoms with van der Waals surface area (Å²) in [5.41, 5.74) is 7.61. The van der Waals surface area contributed by atoms with Crippen molar-refractivity contribution in [1.82, 2.24) is 9.62 Å². The van der Waals surface area contributed by atoms with Crippen molar-refractivity contribution >= 4 is 39.6 Å². The summed E-state index contributed by atoms with van der Waals surface area (Å²) in [5.74, 6) is 0.322. The maximum Gasteiger partial charge on any atom is 0.389 e. The highest BCUT2D eigenvalue weighted by atomic mass is 32.2. The fraction of sp³-hybridized carbons (Fsp3) is 0.414. The molecule has 0 aliphatic carbocycles. The van der Waals surface area contributed by atoms with E-state index >= 15 is 0 Å². The van der Waals surface area contributed by atoms with Crippen LogP contribution in [0.1, 0.15) is 47.9 Å². The van der Waals surface area contributed by atoms with Gasteiger partial charge in [-0.2, -0.15) is 17.5 Å². The number of primary amides is 1. The molecule has 1 spiro atoms. The van der Waals surface area contributed by atoms with E-state index in [-0.39, 0.29) is 44.9 Å². The number of alkyl halides is 3. The van der Waals surface area contributed by atoms with Gasteiger partial charge in [-0.1, -0.05) is 12.1 Å². The fourth-order valence-electron chi connectivity index (χ4n) is 5.07. The van der Waals surface area contributed by atoms with Crippen molar-refractivity contribution in [2.24, 2.45) is 10.7 Å². The summed E-state index contributed by atoms with van der Waals surface area (Å²) in [4.78, 5) is 30.5. The van der Waals surface area contributed by atoms with Crippen molar-refractivity contribution in [1.29, 1.82) is 0 Å². The van der Waals surface area contributed by atoms with Crippen molar-refractivity contribution in [3.8, 4) is 5.75 Å². The topological polar surface area (TPSA) is 134 Å². The molecule has 4 rings (SSSR count). The third-order valence-corrected chi connectivity index (χ3v) is 9.14. The normalized spacial score (nSPS) is 17.3. The van der Waals surface area contributed by atoms with Crippen LogP contribution in [-0.2, 0) is 14.8 Å². The minimum Gasteiger partial charge on any atom is -0.494 e. The van der Waals surface area contributed by atoms with Gasteiger partial charge in [0.15, 0.2) is 0 Å². The number of amides is 3. The van der Waals surface area contributed by atoms with E-state index in [2.05, 4.69) is 10.3 Å². The van der Waals surface area contributed by atoms with Gasteiger partial charge in [0.2, 0.25) is 10.0 Å². The van der Waals surface area contributed by atoms with Crippen LogP contribution in [0.5, 0.6) is 5.75 Å². The van der Waals surface area contributed by atoms with E-state index < -0.39 is 34.2 Å². The summed E-state index contributed by atoms with van der Waals surface area (Å²) >= 11 is 0. The van der Waals surface area contributed by atoms with Gasteiger partial charge in [0.25, 0.3) is 5.91 Å². The van der Waals surface area contributed by atoms with E-state index in [1.807, 2.05) is 13.8 Å². The van der Waals surface area contributed by atoms with E-state index in [1.165, 1.54) is 15.3 Å². The van der Waals surface area contributed by atoms with Crippen molar-refractivity contribution in [2.75, 3.05) is 31.6 Å². The fourth-order valence-corrected chi connectivity index (χ4v) is 6.25. The molecule has 14 heteroatoms. The number of nitrogens with two attached hydrogens (primary N) is 1. The van der Waals surface area contributed by atoms with E-state index in [0.717, 1.165) is 16.5 Å². The molecule has 0 radical (unpaired) electrons. The zero-order valence-electron chi connectivity index (χ0n) is 24.1. The second-order valence-electron chi connectivity index (χ2n) is 10.7. The number of piperidine rings is 1. The van der Waals surface area contributed by atoms with E-state index in [9.17, 15) is 31.2 Å². The zero-order valence-corrected chi connectivity index (χ0v) is 24.9. The predicted octanol–water partition coefficient (Wildman–Crippen LogP) is 4.25. The molecule has 10 nitrogen and oxygen atoms in total. The minimum absolute atomic E-state index is 0.0829. The van der Waals surface area contributed by atoms with Crippen molar-refractivity contribution < 1.29 is 35.9 Å². The predicted molar refractivity (Wildman–Crippen MR) is 157 cm³/mol. The molecule has 43 heavy (non-hydrogen) atoms. The van der Waals surface area contributed by atoms with Crippen LogP contribution in [0.2, 0.25) is 0 Å². The number of halogens is 3. The van der Waals surface area contributed by atoms with Crippen LogP contribution >= 0.6 is 0 Å². The maximum atomic E-state index is 13.2. The third-order valence-electron chi connectivity index (χ3n) is 7.57. The molecule has 2 aliphatic rings. The van der Waals surface area contributed by atoms with Gasteiger partial charge in [-0.25, -0.2) is 13.2 Å². The smallest absolute Gasteiger partial charge is 0.389 e. The number of carbonyl (C=O) groups excluding carboxylic acids is 2. The zero-order chi connectivity index (χ0) is 31.6. The molecule has 0 bridgehead atoms. The van der Waals surface area contributed by atoms with Gasteiger partial charge in [0.05, 0.1) is 6.61 Å². The molecule has 0 atom stereocenters. The van der Waals surface area contributed by atoms with Crippen LogP contribution in [0.25, 0.3) is 6.08 Å². The van der Waals surface area contributed by atoms with E-state index in [4.69, 9.17) is 10.5 Å². The highest BCUT2D eigenvalue weighted by Gasteiger charge is 2.47. The summed E-state index contributed by atoms with van der Waals surface area (Å²) < 4.78 is 70.2. The number of amidine groups is 1. The van der Waals surface area contributed by atoms with Crippen LogP contribution in [0.15, 0.2) is 46.8 Å². The molecule has 0 saturated carbocycles. The number of aliphatic imine (C=N–C) groups is 1. The van der Waals surface area contributed by atoms with E-state index in [1.54, 1.807) is 43.4 Å². The van der Waals surface area contributed by atoms with Gasteiger partial charge in [-0.05, 0) is 80.1 Å². The van der Waals surface area contributed by atoms with Crippen molar-refractivity contribution in [3.05, 3.63) is 64.1 Å². The first-order chi connectivity index (χ1) is 20.1. The first-order valence-electron chi connectivity index (χ1n) is 13.6. The lowest BCUT2D eigenvalue weighted by Crippen LogP contribution is -2.50. The van der Waals surface area contributed by atoms with Crippen LogP contribution in [0.3, 0.4) is 0 Å². The number of carbonyl (C=O) groups is 2. The van der Waals surface area contributed by atoms with Gasteiger partial charge in [-0.3, -0.25) is 14.7 Å². The summed E-state index contributed by atoms with van der Waals surface area (Å²) in [7, 11) is -2.26. The first kappa shape index (κ1) is 32.0. The van der Waals surface area contributed by atoms with Gasteiger partial charge >= 0.3 is 12.2 Å². The van der Waals surface area contributed by atoms with E-state index in [0.29, 0.717) is 28.4 Å². The number of aryl methyl sites for hydroxylation is 2. The molecule has 0 aromatic heterocycles. The summed E-state index contributed by atoms with van der Waals surface area (Å²) in [6.45, 7) is 3.68. The van der Waals surface area contributed by atoms with Gasteiger partial charge in [0.1, 0.15) is 17.1 Å². The van der Waals surface area contributed by atoms with Crippen LogP contribution in [0.4, 0.5) is 23.7 Å². The number of ether oxygens (including phenoxy) is 1. The average molecular weight is 622 g/mol. The standard InChI is InChI=1S/C29H34F3N5O5S/c1-19-16-22(36(3)27(33)39)17-20(2)24(19)8-15-43(40,41)37-12-10-28(11-13-37)26(38)34-25(35-28)21-6-4-7-23(18-21)42-14-5-9-29(30,31)32/h4,6-8,15-18H,5,9-14H2,1-3H3,(H2,33,39)(H,34,35,38)/b15-8+. The number of benzene rings is 2. The molecule has 0 unspecified atom stereocenters. The van der Waals surface area contributed by atoms with Gasteiger partial charge in [0, 0.05) is 43.2 Å². The first-order valence-corrected chi connectivity index (χ1v) is 15.1. The summed E-state index contributed by atoms with van der Waals surface area (Å²) in [6.07, 6.45) is -3.49. The SMILES string of the molecule is Cc1cc(N(C)C(N)=O)cc(C)c1/C=C/S(=O)(=O)N1CCC2(CC1)N=C(c1cccc(OCCCC(F)(F)F)c1)NC2=O. The Hall–Kier alpha value is -3.91. The molecule has 232 valence electrons. The Morgan fingerprint density at radius 3 is 2.44 bits per heavy atom. The second kappa shape index (κ2) is 12.4. The molecule has 1 saturated heterocycles. The lowest BCUT2D eigenvalue weighted by molar-refractivity contribution is -0.136. The number of rotatable bonds is 9. The Labute approximate surface area is 248 Å². The number of anilines is 1. The van der Waals surface area contributed by atoms with Crippen LogP contribution in [-0.4, -0.2) is 69.0 Å². The molecular weight excluding hydrogens is 587 g/mol. The van der Waals surface area contributed by atoms with Crippen molar-refractivity contribution in [2.45, 2.75) is 51.2 Å². The van der Waals surface area contributed by atoms with Crippen LogP contribution < -0.4 is 20.7 Å². The number of hydrogen-bond acceptors (Lipinski definition) is 6. The minimum atomic E-state index is -4.25. The molecule has 2 aliphatic heterocycles. The Kier molecular flexibility index (Phi) is 9.21. The number of hydrogen-bond donors (Lipinski definition) is 2. The monoisotopic (exact) mass is 621 g/mol. The molecular formula is C29H34F3N5O5S. The van der Waals surface area contributed by atoms with Crippen LogP contribution in [0, 0.1) is 13.8 Å². The quantitative estimate of drug-likeness (QED) is 0.404. The molecule has 2 aromatic rings. The number of nitrogens with one attached hydrogen (secondary N) is 1. The highest BCUT2D eigenvalue weighted by Crippen LogP contribution is 2.33. The summed E-state index contributed by atoms with van der Waals surface area (Å²) in [6, 6.07) is 9.45. The average Bonchev–Trinajstić information content (AvgIpc) is 3.25. The summed E-state index contributed by atoms with van der Waals surface area (Å²) in [5, 5.41) is 3.91. The lowest BCUT2D eigenvalue weighted by atomic mass is 9.89. The van der Waals surface area contributed by atoms with Crippen molar-refractivity contribution in [3.63, 3.8) is 0 Å². The number of nitrogens with zero attached hydrogens (tertiary/aromatic N) is 3. The number of sulfonamides is 1. The Bertz CT molecular complexity index is 1540. The lowest BCUT2D eigenvalue weighted by Gasteiger charge is -2.34. The molecule has 3 N–H and O–H groups in total. The Morgan fingerprint density at radius 2 is 1.84 bits per heavy atom. The maximum absolute atomic E-state index is 13.2. The van der Waals surface area contributed by atoms with Gasteiger partial charge < -0.3 is 15.8 Å². The Morgan fingerprint density at radius 1 is 1.19 bits per heavy atom. The number of urea groups is 1. The molecule has 1 fully saturated rings. The second-order valence-corrected chi connectivity index (χ2v) is 12.5. The largest absolute Gasteiger partial charge is 0.494 e. The van der Waals surface area contributed by atoms with Gasteiger partial charge in [-0.15, -0.1) is 0 Å². The molecule has 2 aromatic carbocycles. The third kappa shape index (κ3) is 7.54. The Balaban J connectivity index is 1.42. The molecule has 2 heterocycles.